The Labute approximate surface area is 175 Å². The number of carbonyl (C=O) groups is 1. The van der Waals surface area contributed by atoms with Crippen LogP contribution in [0, 0.1) is 5.92 Å². The summed E-state index contributed by atoms with van der Waals surface area (Å²) in [6, 6.07) is 12.9. The lowest BCUT2D eigenvalue weighted by Crippen LogP contribution is -2.58. The molecule has 0 spiro atoms. The van der Waals surface area contributed by atoms with Crippen molar-refractivity contribution in [1.82, 2.24) is 24.8 Å². The number of nitrogens with one attached hydrogen (secondary N) is 2. The summed E-state index contributed by atoms with van der Waals surface area (Å²) in [4.78, 5) is 20.0. The van der Waals surface area contributed by atoms with Crippen molar-refractivity contribution in [3.05, 3.63) is 60.0 Å². The molecule has 7 rings (SSSR count). The Morgan fingerprint density at radius 3 is 2.70 bits per heavy atom. The van der Waals surface area contributed by atoms with Gasteiger partial charge in [0.2, 0.25) is 5.91 Å². The van der Waals surface area contributed by atoms with E-state index in [1.165, 1.54) is 12.8 Å². The molecule has 2 aromatic heterocycles. The van der Waals surface area contributed by atoms with Crippen molar-refractivity contribution in [2.45, 2.75) is 50.4 Å². The number of aromatic nitrogens is 3. The van der Waals surface area contributed by atoms with E-state index >= 15 is 0 Å². The minimum atomic E-state index is -0.222. The van der Waals surface area contributed by atoms with Gasteiger partial charge in [-0.1, -0.05) is 24.3 Å². The first kappa shape index (κ1) is 17.9. The van der Waals surface area contributed by atoms with E-state index in [2.05, 4.69) is 37.7 Å². The maximum atomic E-state index is 13.1. The second-order valence-electron chi connectivity index (χ2n) is 8.94. The summed E-state index contributed by atoms with van der Waals surface area (Å²) in [5.74, 6) is 1.75. The van der Waals surface area contributed by atoms with Gasteiger partial charge >= 0.3 is 0 Å². The van der Waals surface area contributed by atoms with E-state index in [0.717, 1.165) is 47.8 Å². The van der Waals surface area contributed by atoms with Crippen LogP contribution >= 0.6 is 0 Å². The molecule has 4 heterocycles. The number of benzene rings is 1. The molecule has 30 heavy (non-hydrogen) atoms. The van der Waals surface area contributed by atoms with Crippen molar-refractivity contribution < 1.29 is 4.79 Å². The standard InChI is InChI=1S/C23H26N6O/c30-22(23-10-16(11-23)14-28(23)19-7-8-19)25-13-18-5-2-1-4-17(18)12-24-21-20-6-3-9-29(20)27-15-26-21/h1-6,9,15-16,19H,7-8,10-14H2,(H,25,30)(H,24,26,27). The van der Waals surface area contributed by atoms with Gasteiger partial charge in [0.25, 0.3) is 0 Å². The molecule has 1 amide bonds. The van der Waals surface area contributed by atoms with Crippen molar-refractivity contribution in [3.63, 3.8) is 0 Å². The number of anilines is 1. The highest BCUT2D eigenvalue weighted by Crippen LogP contribution is 2.54. The largest absolute Gasteiger partial charge is 0.364 e. The highest BCUT2D eigenvalue weighted by atomic mass is 16.2. The fourth-order valence-corrected chi connectivity index (χ4v) is 5.34. The quantitative estimate of drug-likeness (QED) is 0.635. The summed E-state index contributed by atoms with van der Waals surface area (Å²) in [6.45, 7) is 2.32. The summed E-state index contributed by atoms with van der Waals surface area (Å²) >= 11 is 0. The average molecular weight is 403 g/mol. The lowest BCUT2D eigenvalue weighted by atomic mass is 9.72. The molecule has 3 aromatic rings. The molecule has 2 saturated heterocycles. The van der Waals surface area contributed by atoms with Crippen molar-refractivity contribution in [3.8, 4) is 0 Å². The first-order valence-electron chi connectivity index (χ1n) is 10.9. The fourth-order valence-electron chi connectivity index (χ4n) is 5.34. The lowest BCUT2D eigenvalue weighted by molar-refractivity contribution is -0.135. The van der Waals surface area contributed by atoms with Crippen LogP contribution < -0.4 is 10.6 Å². The van der Waals surface area contributed by atoms with E-state index in [0.29, 0.717) is 19.1 Å². The van der Waals surface area contributed by atoms with Crippen LogP contribution in [0.4, 0.5) is 5.82 Å². The molecule has 0 unspecified atom stereocenters. The smallest absolute Gasteiger partial charge is 0.240 e. The van der Waals surface area contributed by atoms with E-state index in [1.54, 1.807) is 10.8 Å². The zero-order valence-electron chi connectivity index (χ0n) is 16.9. The molecule has 2 N–H and O–H groups in total. The summed E-state index contributed by atoms with van der Waals surface area (Å²) in [5.41, 5.74) is 3.03. The number of hydrogen-bond acceptors (Lipinski definition) is 5. The number of carbonyl (C=O) groups excluding carboxylic acids is 1. The van der Waals surface area contributed by atoms with Gasteiger partial charge < -0.3 is 10.6 Å². The van der Waals surface area contributed by atoms with Crippen LogP contribution in [0.1, 0.15) is 36.8 Å². The predicted molar refractivity (Wildman–Crippen MR) is 114 cm³/mol. The van der Waals surface area contributed by atoms with Gasteiger partial charge in [0, 0.05) is 31.9 Å². The molecule has 2 aliphatic carbocycles. The van der Waals surface area contributed by atoms with Gasteiger partial charge in [-0.3, -0.25) is 9.69 Å². The SMILES string of the molecule is O=C(NCc1ccccc1CNc1ncnn2cccc12)C12CC(CN1C1CC1)C2. The fraction of sp³-hybridized carbons (Fsp3) is 0.435. The van der Waals surface area contributed by atoms with E-state index in [4.69, 9.17) is 0 Å². The van der Waals surface area contributed by atoms with Crippen molar-refractivity contribution in [2.24, 2.45) is 5.92 Å². The summed E-state index contributed by atoms with van der Waals surface area (Å²) in [6.07, 6.45) is 8.06. The number of amides is 1. The molecule has 2 saturated carbocycles. The average Bonchev–Trinajstić information content (AvgIpc) is 3.19. The number of rotatable bonds is 7. The van der Waals surface area contributed by atoms with Crippen molar-refractivity contribution in [2.75, 3.05) is 11.9 Å². The van der Waals surface area contributed by atoms with Crippen LogP contribution in [0.5, 0.6) is 0 Å². The van der Waals surface area contributed by atoms with Crippen LogP contribution in [-0.2, 0) is 17.9 Å². The molecule has 4 fully saturated rings. The Morgan fingerprint density at radius 2 is 1.90 bits per heavy atom. The minimum Gasteiger partial charge on any atom is -0.364 e. The third-order valence-electron chi connectivity index (χ3n) is 7.01. The Kier molecular flexibility index (Phi) is 4.06. The van der Waals surface area contributed by atoms with Gasteiger partial charge in [-0.05, 0) is 54.9 Å². The monoisotopic (exact) mass is 402 g/mol. The molecule has 2 aliphatic heterocycles. The van der Waals surface area contributed by atoms with E-state index < -0.39 is 0 Å². The van der Waals surface area contributed by atoms with Gasteiger partial charge in [0.1, 0.15) is 17.4 Å². The highest BCUT2D eigenvalue weighted by Gasteiger charge is 2.63. The maximum Gasteiger partial charge on any atom is 0.240 e. The first-order chi connectivity index (χ1) is 14.7. The molecule has 7 nitrogen and oxygen atoms in total. The van der Waals surface area contributed by atoms with Gasteiger partial charge in [-0.25, -0.2) is 9.50 Å². The van der Waals surface area contributed by atoms with Crippen LogP contribution in [-0.4, -0.2) is 43.5 Å². The van der Waals surface area contributed by atoms with E-state index in [1.807, 2.05) is 30.5 Å². The lowest BCUT2D eigenvalue weighted by Gasteiger charge is -2.41. The number of fused-ring (bicyclic) bond motifs is 2. The third kappa shape index (κ3) is 2.88. The van der Waals surface area contributed by atoms with Crippen molar-refractivity contribution in [1.29, 1.82) is 0 Å². The highest BCUT2D eigenvalue weighted by molar-refractivity contribution is 5.88. The van der Waals surface area contributed by atoms with E-state index in [9.17, 15) is 4.79 Å². The van der Waals surface area contributed by atoms with Crippen LogP contribution in [0.2, 0.25) is 0 Å². The van der Waals surface area contributed by atoms with Crippen LogP contribution in [0.3, 0.4) is 0 Å². The van der Waals surface area contributed by atoms with Crippen LogP contribution in [0.25, 0.3) is 5.52 Å². The van der Waals surface area contributed by atoms with E-state index in [-0.39, 0.29) is 11.4 Å². The molecule has 2 bridgehead atoms. The van der Waals surface area contributed by atoms with Gasteiger partial charge in [-0.15, -0.1) is 0 Å². The maximum absolute atomic E-state index is 13.1. The summed E-state index contributed by atoms with van der Waals surface area (Å²) < 4.78 is 1.81. The predicted octanol–water partition coefficient (Wildman–Crippen LogP) is 2.58. The molecule has 4 aliphatic rings. The topological polar surface area (TPSA) is 74.6 Å². The minimum absolute atomic E-state index is 0.219. The second kappa shape index (κ2) is 6.80. The molecule has 7 heteroatoms. The number of nitrogens with zero attached hydrogens (tertiary/aromatic N) is 4. The summed E-state index contributed by atoms with van der Waals surface area (Å²) in [5, 5.41) is 10.9. The Balaban J connectivity index is 1.14. The van der Waals surface area contributed by atoms with Gasteiger partial charge in [0.15, 0.2) is 5.82 Å². The van der Waals surface area contributed by atoms with Gasteiger partial charge in [-0.2, -0.15) is 5.10 Å². The Hall–Kier alpha value is -2.93. The molecule has 0 radical (unpaired) electrons. The van der Waals surface area contributed by atoms with Crippen molar-refractivity contribution >= 4 is 17.2 Å². The molecule has 0 atom stereocenters. The normalized spacial score (nSPS) is 25.3. The second-order valence-corrected chi connectivity index (χ2v) is 8.94. The van der Waals surface area contributed by atoms with Gasteiger partial charge in [0.05, 0.1) is 0 Å². The molecular weight excluding hydrogens is 376 g/mol. The van der Waals surface area contributed by atoms with Crippen LogP contribution in [0.15, 0.2) is 48.9 Å². The third-order valence-corrected chi connectivity index (χ3v) is 7.01. The summed E-state index contributed by atoms with van der Waals surface area (Å²) in [7, 11) is 0. The Morgan fingerprint density at radius 1 is 1.10 bits per heavy atom. The molecule has 1 aromatic carbocycles. The zero-order chi connectivity index (χ0) is 20.1. The molecule has 154 valence electrons. The Bertz CT molecular complexity index is 1100. The first-order valence-corrected chi connectivity index (χ1v) is 10.9. The number of hydrogen-bond donors (Lipinski definition) is 2. The molecular formula is C23H26N6O. The zero-order valence-corrected chi connectivity index (χ0v) is 16.9.